The van der Waals surface area contributed by atoms with Crippen LogP contribution in [0.1, 0.15) is 25.7 Å². The fourth-order valence-corrected chi connectivity index (χ4v) is 4.80. The second-order valence-electron chi connectivity index (χ2n) is 5.07. The molecular weight excluding hydrogens is 299 g/mol. The molecule has 3 N–H and O–H groups in total. The summed E-state index contributed by atoms with van der Waals surface area (Å²) in [5.74, 6) is -0.715. The summed E-state index contributed by atoms with van der Waals surface area (Å²) in [4.78, 5) is -0.188. The molecule has 0 unspecified atom stereocenters. The van der Waals surface area contributed by atoms with Gasteiger partial charge >= 0.3 is 0 Å². The summed E-state index contributed by atoms with van der Waals surface area (Å²) in [5.41, 5.74) is 5.19. The number of rotatable bonds is 5. The summed E-state index contributed by atoms with van der Waals surface area (Å²) in [5, 5.41) is 0. The number of sulfonamides is 1. The highest BCUT2D eigenvalue weighted by molar-refractivity contribution is 8.00. The lowest BCUT2D eigenvalue weighted by molar-refractivity contribution is 0.550. The smallest absolute Gasteiger partial charge is 0.242 e. The van der Waals surface area contributed by atoms with Gasteiger partial charge in [0.25, 0.3) is 0 Å². The molecule has 0 saturated heterocycles. The molecule has 112 valence electrons. The van der Waals surface area contributed by atoms with E-state index in [1.807, 2.05) is 6.26 Å². The molecule has 0 atom stereocenters. The summed E-state index contributed by atoms with van der Waals surface area (Å²) >= 11 is 1.69. The molecule has 0 bridgehead atoms. The predicted molar refractivity (Wildman–Crippen MR) is 80.7 cm³/mol. The minimum atomic E-state index is -3.78. The van der Waals surface area contributed by atoms with Crippen LogP contribution in [0.15, 0.2) is 23.1 Å². The molecule has 1 aliphatic carbocycles. The fraction of sp³-hybridized carbons (Fsp3) is 0.538. The zero-order chi connectivity index (χ0) is 14.8. The molecule has 1 saturated carbocycles. The van der Waals surface area contributed by atoms with E-state index in [1.54, 1.807) is 11.8 Å². The van der Waals surface area contributed by atoms with Gasteiger partial charge in [-0.15, -0.1) is 0 Å². The SMILES string of the molecule is CSC1(CNS(=O)(=O)c2cccc(F)c2N)CCCC1. The first-order chi connectivity index (χ1) is 9.40. The van der Waals surface area contributed by atoms with Crippen LogP contribution >= 0.6 is 11.8 Å². The highest BCUT2D eigenvalue weighted by Crippen LogP contribution is 2.39. The third-order valence-electron chi connectivity index (χ3n) is 3.83. The molecule has 2 rings (SSSR count). The molecule has 4 nitrogen and oxygen atoms in total. The van der Waals surface area contributed by atoms with E-state index in [0.29, 0.717) is 6.54 Å². The summed E-state index contributed by atoms with van der Waals surface area (Å²) in [6.45, 7) is 0.354. The van der Waals surface area contributed by atoms with Crippen molar-refractivity contribution in [3.8, 4) is 0 Å². The Morgan fingerprint density at radius 3 is 2.65 bits per heavy atom. The third-order valence-corrected chi connectivity index (χ3v) is 6.71. The number of nitrogens with one attached hydrogen (secondary N) is 1. The molecule has 0 heterocycles. The number of para-hydroxylation sites is 1. The van der Waals surface area contributed by atoms with E-state index in [0.717, 1.165) is 31.7 Å². The normalized spacial score (nSPS) is 18.3. The van der Waals surface area contributed by atoms with Crippen molar-refractivity contribution in [3.63, 3.8) is 0 Å². The van der Waals surface area contributed by atoms with Gasteiger partial charge in [0.05, 0.1) is 5.69 Å². The van der Waals surface area contributed by atoms with Gasteiger partial charge in [0, 0.05) is 11.3 Å². The van der Waals surface area contributed by atoms with Crippen LogP contribution < -0.4 is 10.5 Å². The Bertz CT molecular complexity index is 584. The van der Waals surface area contributed by atoms with Crippen LogP contribution in [-0.2, 0) is 10.0 Å². The number of nitrogen functional groups attached to an aromatic ring is 1. The van der Waals surface area contributed by atoms with Gasteiger partial charge in [0.1, 0.15) is 10.7 Å². The molecule has 1 aromatic carbocycles. The number of halogens is 1. The molecular formula is C13H19FN2O2S2. The lowest BCUT2D eigenvalue weighted by Crippen LogP contribution is -2.38. The van der Waals surface area contributed by atoms with Crippen LogP contribution in [0.2, 0.25) is 0 Å². The molecule has 20 heavy (non-hydrogen) atoms. The van der Waals surface area contributed by atoms with Gasteiger partial charge < -0.3 is 5.73 Å². The van der Waals surface area contributed by atoms with Gasteiger partial charge in [-0.1, -0.05) is 18.9 Å². The number of benzene rings is 1. The van der Waals surface area contributed by atoms with Crippen LogP contribution in [0.3, 0.4) is 0 Å². The van der Waals surface area contributed by atoms with Gasteiger partial charge in [0.2, 0.25) is 10.0 Å². The van der Waals surface area contributed by atoms with Gasteiger partial charge in [-0.25, -0.2) is 17.5 Å². The van der Waals surface area contributed by atoms with E-state index in [2.05, 4.69) is 4.72 Å². The maximum Gasteiger partial charge on any atom is 0.242 e. The van der Waals surface area contributed by atoms with Crippen LogP contribution in [0.25, 0.3) is 0 Å². The summed E-state index contributed by atoms with van der Waals surface area (Å²) < 4.78 is 40.4. The predicted octanol–water partition coefficient (Wildman–Crippen LogP) is 2.36. The number of hydrogen-bond donors (Lipinski definition) is 2. The topological polar surface area (TPSA) is 72.2 Å². The van der Waals surface area contributed by atoms with Gasteiger partial charge in [-0.2, -0.15) is 11.8 Å². The second kappa shape index (κ2) is 5.91. The highest BCUT2D eigenvalue weighted by atomic mass is 32.2. The highest BCUT2D eigenvalue weighted by Gasteiger charge is 2.34. The molecule has 0 aliphatic heterocycles. The lowest BCUT2D eigenvalue weighted by Gasteiger charge is -2.26. The van der Waals surface area contributed by atoms with Crippen LogP contribution in [0.5, 0.6) is 0 Å². The minimum Gasteiger partial charge on any atom is -0.395 e. The molecule has 0 radical (unpaired) electrons. The first-order valence-corrected chi connectivity index (χ1v) is 9.20. The van der Waals surface area contributed by atoms with E-state index in [1.165, 1.54) is 12.1 Å². The largest absolute Gasteiger partial charge is 0.395 e. The van der Waals surface area contributed by atoms with Crippen LogP contribution in [0.4, 0.5) is 10.1 Å². The molecule has 0 aromatic heterocycles. The lowest BCUT2D eigenvalue weighted by atomic mass is 10.1. The monoisotopic (exact) mass is 318 g/mol. The van der Waals surface area contributed by atoms with E-state index in [9.17, 15) is 12.8 Å². The zero-order valence-electron chi connectivity index (χ0n) is 11.4. The summed E-state index contributed by atoms with van der Waals surface area (Å²) in [6.07, 6.45) is 6.22. The van der Waals surface area contributed by atoms with Crippen molar-refractivity contribution in [3.05, 3.63) is 24.0 Å². The van der Waals surface area contributed by atoms with Gasteiger partial charge in [-0.05, 0) is 31.2 Å². The molecule has 1 fully saturated rings. The van der Waals surface area contributed by atoms with Crippen molar-refractivity contribution in [2.24, 2.45) is 0 Å². The Morgan fingerprint density at radius 2 is 2.05 bits per heavy atom. The van der Waals surface area contributed by atoms with E-state index in [-0.39, 0.29) is 15.3 Å². The van der Waals surface area contributed by atoms with E-state index < -0.39 is 15.8 Å². The third kappa shape index (κ3) is 3.10. The quantitative estimate of drug-likeness (QED) is 0.818. The zero-order valence-corrected chi connectivity index (χ0v) is 13.0. The number of thioether (sulfide) groups is 1. The average Bonchev–Trinajstić information content (AvgIpc) is 2.89. The van der Waals surface area contributed by atoms with Crippen molar-refractivity contribution in [2.75, 3.05) is 18.5 Å². The van der Waals surface area contributed by atoms with E-state index >= 15 is 0 Å². The van der Waals surface area contributed by atoms with Gasteiger partial charge in [-0.3, -0.25) is 0 Å². The standard InChI is InChI=1S/C13H19FN2O2S2/c1-19-13(7-2-3-8-13)9-16-20(17,18)11-6-4-5-10(14)12(11)15/h4-6,16H,2-3,7-9,15H2,1H3. The maximum absolute atomic E-state index is 13.4. The Balaban J connectivity index is 2.17. The maximum atomic E-state index is 13.4. The number of nitrogens with two attached hydrogens (primary N) is 1. The molecule has 0 spiro atoms. The van der Waals surface area contributed by atoms with Crippen molar-refractivity contribution >= 4 is 27.5 Å². The Hall–Kier alpha value is -0.790. The van der Waals surface area contributed by atoms with Crippen molar-refractivity contribution in [2.45, 2.75) is 35.3 Å². The van der Waals surface area contributed by atoms with E-state index in [4.69, 9.17) is 5.73 Å². The minimum absolute atomic E-state index is 0.0465. The van der Waals surface area contributed by atoms with Crippen molar-refractivity contribution in [1.29, 1.82) is 0 Å². The Morgan fingerprint density at radius 1 is 1.40 bits per heavy atom. The summed E-state index contributed by atoms with van der Waals surface area (Å²) in [7, 11) is -3.78. The summed E-state index contributed by atoms with van der Waals surface area (Å²) in [6, 6.07) is 3.82. The number of anilines is 1. The molecule has 1 aliphatic rings. The van der Waals surface area contributed by atoms with Crippen molar-refractivity contribution < 1.29 is 12.8 Å². The van der Waals surface area contributed by atoms with Gasteiger partial charge in [0.15, 0.2) is 0 Å². The number of hydrogen-bond acceptors (Lipinski definition) is 4. The molecule has 1 aromatic rings. The first kappa shape index (κ1) is 15.6. The average molecular weight is 318 g/mol. The molecule has 0 amide bonds. The second-order valence-corrected chi connectivity index (χ2v) is 8.08. The first-order valence-electron chi connectivity index (χ1n) is 6.49. The van der Waals surface area contributed by atoms with Crippen LogP contribution in [0, 0.1) is 5.82 Å². The van der Waals surface area contributed by atoms with Crippen LogP contribution in [-0.4, -0.2) is 26.0 Å². The van der Waals surface area contributed by atoms with Crippen molar-refractivity contribution in [1.82, 2.24) is 4.72 Å². The Kier molecular flexibility index (Phi) is 4.61. The Labute approximate surface area is 123 Å². The fourth-order valence-electron chi connectivity index (χ4n) is 2.53. The molecule has 7 heteroatoms.